The number of methoxy groups -OCH3 is 1. The number of hydrogen-bond donors (Lipinski definition) is 1. The summed E-state index contributed by atoms with van der Waals surface area (Å²) in [6, 6.07) is 0. The second-order valence-electron chi connectivity index (χ2n) is 4.90. The van der Waals surface area contributed by atoms with Gasteiger partial charge in [0.1, 0.15) is 0 Å². The highest BCUT2D eigenvalue weighted by Crippen LogP contribution is 2.34. The first-order valence-electron chi connectivity index (χ1n) is 6.08. The van der Waals surface area contributed by atoms with E-state index in [1.165, 1.54) is 22.8 Å². The number of rotatable bonds is 4. The fourth-order valence-corrected chi connectivity index (χ4v) is 5.53. The fourth-order valence-electron chi connectivity index (χ4n) is 2.46. The smallest absolute Gasteiger partial charge is 0.337 e. The maximum atomic E-state index is 12.6. The van der Waals surface area contributed by atoms with E-state index in [2.05, 4.69) is 0 Å². The van der Waals surface area contributed by atoms with Crippen LogP contribution in [0.2, 0.25) is 0 Å². The Morgan fingerprint density at radius 3 is 2.55 bits per heavy atom. The van der Waals surface area contributed by atoms with Crippen LogP contribution in [0.4, 0.5) is 0 Å². The molecule has 0 aromatic carbocycles. The Labute approximate surface area is 122 Å². The lowest BCUT2D eigenvalue weighted by atomic mass is 10.0. The predicted molar refractivity (Wildman–Crippen MR) is 74.5 cm³/mol. The third-order valence-electron chi connectivity index (χ3n) is 3.67. The van der Waals surface area contributed by atoms with Crippen molar-refractivity contribution >= 4 is 27.3 Å². The lowest BCUT2D eigenvalue weighted by Gasteiger charge is -2.23. The molecular formula is C12H17NO5S2. The van der Waals surface area contributed by atoms with Crippen LogP contribution in [-0.4, -0.2) is 49.6 Å². The van der Waals surface area contributed by atoms with Gasteiger partial charge in [-0.25, -0.2) is 13.2 Å². The minimum absolute atomic E-state index is 0.150. The minimum Gasteiger partial charge on any atom is -0.479 e. The molecule has 0 saturated carbocycles. The summed E-state index contributed by atoms with van der Waals surface area (Å²) in [5, 5.41) is 11.0. The van der Waals surface area contributed by atoms with Crippen molar-refractivity contribution in [3.63, 3.8) is 0 Å². The van der Waals surface area contributed by atoms with Gasteiger partial charge in [-0.2, -0.15) is 4.31 Å². The number of aliphatic carboxylic acids is 1. The Hall–Kier alpha value is -0.960. The molecule has 1 unspecified atom stereocenters. The lowest BCUT2D eigenvalue weighted by Crippen LogP contribution is -2.44. The van der Waals surface area contributed by atoms with Gasteiger partial charge in [-0.3, -0.25) is 0 Å². The highest BCUT2D eigenvalue weighted by atomic mass is 32.2. The summed E-state index contributed by atoms with van der Waals surface area (Å²) in [7, 11) is -2.37. The second-order valence-corrected chi connectivity index (χ2v) is 7.85. The highest BCUT2D eigenvalue weighted by molar-refractivity contribution is 7.89. The van der Waals surface area contributed by atoms with E-state index in [1.807, 2.05) is 0 Å². The van der Waals surface area contributed by atoms with Crippen LogP contribution in [-0.2, 0) is 19.6 Å². The Bertz CT molecular complexity index is 617. The van der Waals surface area contributed by atoms with Crippen LogP contribution in [0.3, 0.4) is 0 Å². The first kappa shape index (κ1) is 15.4. The summed E-state index contributed by atoms with van der Waals surface area (Å²) in [4.78, 5) is 12.3. The molecule has 1 fully saturated rings. The van der Waals surface area contributed by atoms with Gasteiger partial charge in [0.2, 0.25) is 10.0 Å². The zero-order chi connectivity index (χ0) is 15.1. The van der Waals surface area contributed by atoms with E-state index in [9.17, 15) is 18.3 Å². The third kappa shape index (κ3) is 2.26. The minimum atomic E-state index is -3.67. The van der Waals surface area contributed by atoms with Crippen LogP contribution in [0.5, 0.6) is 0 Å². The molecule has 112 valence electrons. The van der Waals surface area contributed by atoms with E-state index in [1.54, 1.807) is 19.2 Å². The van der Waals surface area contributed by atoms with Crippen LogP contribution < -0.4 is 0 Å². The molecule has 0 aliphatic carbocycles. The molecule has 20 heavy (non-hydrogen) atoms. The van der Waals surface area contributed by atoms with Crippen molar-refractivity contribution in [2.75, 3.05) is 20.2 Å². The molecule has 1 N–H and O–H groups in total. The second kappa shape index (κ2) is 5.10. The first-order valence-corrected chi connectivity index (χ1v) is 8.40. The van der Waals surface area contributed by atoms with Gasteiger partial charge >= 0.3 is 5.97 Å². The summed E-state index contributed by atoms with van der Waals surface area (Å²) in [6.07, 6.45) is 0.153. The maximum absolute atomic E-state index is 12.6. The average molecular weight is 319 g/mol. The summed E-state index contributed by atoms with van der Waals surface area (Å²) in [5.41, 5.74) is -0.747. The number of hydrogen-bond acceptors (Lipinski definition) is 5. The van der Waals surface area contributed by atoms with Crippen molar-refractivity contribution in [2.24, 2.45) is 0 Å². The number of aryl methyl sites for hydroxylation is 2. The van der Waals surface area contributed by atoms with Gasteiger partial charge in [0.05, 0.1) is 11.4 Å². The lowest BCUT2D eigenvalue weighted by molar-refractivity contribution is -0.160. The molecule has 1 aromatic heterocycles. The van der Waals surface area contributed by atoms with E-state index >= 15 is 0 Å². The number of ether oxygens (including phenoxy) is 1. The van der Waals surface area contributed by atoms with E-state index in [0.29, 0.717) is 15.3 Å². The molecule has 1 aliphatic heterocycles. The summed E-state index contributed by atoms with van der Waals surface area (Å²) < 4.78 is 31.6. The molecule has 0 spiro atoms. The van der Waals surface area contributed by atoms with Crippen LogP contribution in [0.1, 0.15) is 16.9 Å². The standard InChI is InChI=1S/C12H17NO5S2/c1-8-6-19-9(2)10(8)20(16,17)13-5-4-12(7-13,18-3)11(14)15/h6H,4-5,7H2,1-3H3,(H,14,15). The zero-order valence-corrected chi connectivity index (χ0v) is 13.2. The van der Waals surface area contributed by atoms with Crippen molar-refractivity contribution in [1.82, 2.24) is 4.31 Å². The number of carbonyl (C=O) groups is 1. The molecule has 2 heterocycles. The molecule has 1 aromatic rings. The quantitative estimate of drug-likeness (QED) is 0.902. The van der Waals surface area contributed by atoms with Gasteiger partial charge in [0.25, 0.3) is 0 Å². The number of nitrogens with zero attached hydrogens (tertiary/aromatic N) is 1. The molecule has 0 amide bonds. The summed E-state index contributed by atoms with van der Waals surface area (Å²) in [5.74, 6) is -1.13. The maximum Gasteiger partial charge on any atom is 0.337 e. The Kier molecular flexibility index (Phi) is 3.94. The van der Waals surface area contributed by atoms with Crippen molar-refractivity contribution in [3.05, 3.63) is 15.8 Å². The normalized spacial score (nSPS) is 24.1. The predicted octanol–water partition coefficient (Wildman–Crippen LogP) is 1.23. The van der Waals surface area contributed by atoms with Crippen molar-refractivity contribution in [2.45, 2.75) is 30.8 Å². The van der Waals surface area contributed by atoms with E-state index in [-0.39, 0.29) is 19.5 Å². The average Bonchev–Trinajstić information content (AvgIpc) is 2.95. The molecule has 1 saturated heterocycles. The Morgan fingerprint density at radius 1 is 1.50 bits per heavy atom. The van der Waals surface area contributed by atoms with Crippen LogP contribution >= 0.6 is 11.3 Å². The van der Waals surface area contributed by atoms with Crippen LogP contribution in [0.25, 0.3) is 0 Å². The van der Waals surface area contributed by atoms with Crippen LogP contribution in [0.15, 0.2) is 10.3 Å². The van der Waals surface area contributed by atoms with Gasteiger partial charge < -0.3 is 9.84 Å². The number of sulfonamides is 1. The highest BCUT2D eigenvalue weighted by Gasteiger charge is 2.49. The fraction of sp³-hybridized carbons (Fsp3) is 0.583. The topological polar surface area (TPSA) is 83.9 Å². The molecule has 0 bridgehead atoms. The van der Waals surface area contributed by atoms with E-state index in [4.69, 9.17) is 4.74 Å². The number of thiophene rings is 1. The summed E-state index contributed by atoms with van der Waals surface area (Å²) >= 11 is 1.38. The van der Waals surface area contributed by atoms with E-state index in [0.717, 1.165) is 0 Å². The summed E-state index contributed by atoms with van der Waals surface area (Å²) in [6.45, 7) is 3.49. The number of carboxylic acid groups (broad SMARTS) is 1. The van der Waals surface area contributed by atoms with Crippen molar-refractivity contribution < 1.29 is 23.1 Å². The van der Waals surface area contributed by atoms with Crippen molar-refractivity contribution in [1.29, 1.82) is 0 Å². The molecule has 1 atom stereocenters. The Morgan fingerprint density at radius 2 is 2.15 bits per heavy atom. The molecule has 6 nitrogen and oxygen atoms in total. The van der Waals surface area contributed by atoms with Crippen molar-refractivity contribution in [3.8, 4) is 0 Å². The monoisotopic (exact) mass is 319 g/mol. The third-order valence-corrected chi connectivity index (χ3v) is 6.96. The largest absolute Gasteiger partial charge is 0.479 e. The molecule has 0 radical (unpaired) electrons. The van der Waals surface area contributed by atoms with Gasteiger partial charge in [0, 0.05) is 25.0 Å². The first-order chi connectivity index (χ1) is 9.24. The number of carboxylic acids is 1. The van der Waals surface area contributed by atoms with E-state index < -0.39 is 21.6 Å². The van der Waals surface area contributed by atoms with Gasteiger partial charge in [-0.15, -0.1) is 11.3 Å². The molecule has 8 heteroatoms. The van der Waals surface area contributed by atoms with Gasteiger partial charge in [-0.05, 0) is 24.8 Å². The van der Waals surface area contributed by atoms with Crippen LogP contribution in [0, 0.1) is 13.8 Å². The zero-order valence-electron chi connectivity index (χ0n) is 11.5. The Balaban J connectivity index is 2.37. The SMILES string of the molecule is COC1(C(=O)O)CCN(S(=O)(=O)c2c(C)csc2C)C1. The van der Waals surface area contributed by atoms with Gasteiger partial charge in [-0.1, -0.05) is 0 Å². The van der Waals surface area contributed by atoms with Gasteiger partial charge in [0.15, 0.2) is 5.60 Å². The molecular weight excluding hydrogens is 302 g/mol. The molecule has 1 aliphatic rings. The molecule has 2 rings (SSSR count).